The minimum atomic E-state index is -0.364. The second-order valence-electron chi connectivity index (χ2n) is 7.18. The van der Waals surface area contributed by atoms with Crippen LogP contribution in [0.5, 0.6) is 0 Å². The summed E-state index contributed by atoms with van der Waals surface area (Å²) in [5.74, 6) is 0.198. The number of hydrogen-bond donors (Lipinski definition) is 1. The number of aliphatic hydroxyl groups is 1. The summed E-state index contributed by atoms with van der Waals surface area (Å²) in [6, 6.07) is 1.90. The van der Waals surface area contributed by atoms with Gasteiger partial charge in [0, 0.05) is 31.5 Å². The maximum atomic E-state index is 12.7. The third kappa shape index (κ3) is 3.46. The van der Waals surface area contributed by atoms with Crippen LogP contribution in [0.25, 0.3) is 0 Å². The molecule has 0 saturated carbocycles. The lowest BCUT2D eigenvalue weighted by Gasteiger charge is -2.34. The van der Waals surface area contributed by atoms with Gasteiger partial charge in [-0.25, -0.2) is 0 Å². The zero-order valence-corrected chi connectivity index (χ0v) is 13.8. The Labute approximate surface area is 126 Å². The SMILES string of the molecule is CC(O)C1CCCN(C(=O)c2cc(C(C)(C)C)nn2C)C1. The summed E-state index contributed by atoms with van der Waals surface area (Å²) in [5.41, 5.74) is 1.49. The van der Waals surface area contributed by atoms with Crippen LogP contribution in [0.3, 0.4) is 0 Å². The number of aromatic nitrogens is 2. The monoisotopic (exact) mass is 293 g/mol. The molecular formula is C16H27N3O2. The predicted molar refractivity (Wildman–Crippen MR) is 82.2 cm³/mol. The van der Waals surface area contributed by atoms with E-state index in [0.717, 1.165) is 25.1 Å². The van der Waals surface area contributed by atoms with E-state index >= 15 is 0 Å². The van der Waals surface area contributed by atoms with E-state index < -0.39 is 0 Å². The van der Waals surface area contributed by atoms with Crippen LogP contribution in [0, 0.1) is 5.92 Å². The Kier molecular flexibility index (Phi) is 4.42. The van der Waals surface area contributed by atoms with Crippen LogP contribution in [0.4, 0.5) is 0 Å². The van der Waals surface area contributed by atoms with E-state index in [-0.39, 0.29) is 23.3 Å². The number of aryl methyl sites for hydroxylation is 1. The van der Waals surface area contributed by atoms with Gasteiger partial charge in [0.05, 0.1) is 11.8 Å². The highest BCUT2D eigenvalue weighted by molar-refractivity contribution is 5.92. The third-order valence-corrected chi connectivity index (χ3v) is 4.29. The van der Waals surface area contributed by atoms with Crippen molar-refractivity contribution >= 4 is 5.91 Å². The van der Waals surface area contributed by atoms with E-state index in [1.807, 2.05) is 18.0 Å². The summed E-state index contributed by atoms with van der Waals surface area (Å²) in [6.07, 6.45) is 1.57. The van der Waals surface area contributed by atoms with Crippen LogP contribution in [0.15, 0.2) is 6.07 Å². The van der Waals surface area contributed by atoms with Crippen molar-refractivity contribution in [1.82, 2.24) is 14.7 Å². The van der Waals surface area contributed by atoms with Crippen LogP contribution in [0.1, 0.15) is 56.7 Å². The van der Waals surface area contributed by atoms with Crippen molar-refractivity contribution in [1.29, 1.82) is 0 Å². The fourth-order valence-corrected chi connectivity index (χ4v) is 2.78. The maximum Gasteiger partial charge on any atom is 0.272 e. The average Bonchev–Trinajstić information content (AvgIpc) is 2.80. The highest BCUT2D eigenvalue weighted by Gasteiger charge is 2.29. The van der Waals surface area contributed by atoms with Crippen molar-refractivity contribution in [2.45, 2.75) is 52.1 Å². The summed E-state index contributed by atoms with van der Waals surface area (Å²) in [6.45, 7) is 9.47. The zero-order valence-electron chi connectivity index (χ0n) is 13.8. The topological polar surface area (TPSA) is 58.4 Å². The molecule has 1 saturated heterocycles. The molecule has 2 heterocycles. The second kappa shape index (κ2) is 5.79. The zero-order chi connectivity index (χ0) is 15.8. The maximum absolute atomic E-state index is 12.7. The largest absolute Gasteiger partial charge is 0.393 e. The molecule has 118 valence electrons. The second-order valence-corrected chi connectivity index (χ2v) is 7.18. The lowest BCUT2D eigenvalue weighted by molar-refractivity contribution is 0.0458. The van der Waals surface area contributed by atoms with E-state index in [0.29, 0.717) is 12.2 Å². The summed E-state index contributed by atoms with van der Waals surface area (Å²) < 4.78 is 1.68. The first-order valence-corrected chi connectivity index (χ1v) is 7.72. The van der Waals surface area contributed by atoms with Gasteiger partial charge in [-0.1, -0.05) is 20.8 Å². The lowest BCUT2D eigenvalue weighted by Crippen LogP contribution is -2.43. The third-order valence-electron chi connectivity index (χ3n) is 4.29. The molecule has 21 heavy (non-hydrogen) atoms. The van der Waals surface area contributed by atoms with E-state index in [2.05, 4.69) is 25.9 Å². The van der Waals surface area contributed by atoms with Crippen LogP contribution in [0.2, 0.25) is 0 Å². The molecule has 1 fully saturated rings. The number of carbonyl (C=O) groups is 1. The molecule has 1 aliphatic heterocycles. The number of hydrogen-bond acceptors (Lipinski definition) is 3. The molecular weight excluding hydrogens is 266 g/mol. The first-order valence-electron chi connectivity index (χ1n) is 7.72. The van der Waals surface area contributed by atoms with Crippen molar-refractivity contribution < 1.29 is 9.90 Å². The molecule has 0 aliphatic carbocycles. The van der Waals surface area contributed by atoms with Crippen LogP contribution < -0.4 is 0 Å². The van der Waals surface area contributed by atoms with Gasteiger partial charge in [0.2, 0.25) is 0 Å². The minimum absolute atomic E-state index is 0.0193. The Morgan fingerprint density at radius 1 is 1.48 bits per heavy atom. The molecule has 0 bridgehead atoms. The molecule has 1 aromatic rings. The number of amides is 1. The molecule has 0 aromatic carbocycles. The van der Waals surface area contributed by atoms with Gasteiger partial charge >= 0.3 is 0 Å². The van der Waals surface area contributed by atoms with E-state index in [1.54, 1.807) is 11.6 Å². The molecule has 1 aliphatic rings. The molecule has 2 atom stereocenters. The number of carbonyl (C=O) groups excluding carboxylic acids is 1. The van der Waals surface area contributed by atoms with Crippen LogP contribution in [-0.4, -0.2) is 44.9 Å². The fraction of sp³-hybridized carbons (Fsp3) is 0.750. The number of likely N-dealkylation sites (tertiary alicyclic amines) is 1. The van der Waals surface area contributed by atoms with Crippen molar-refractivity contribution in [3.8, 4) is 0 Å². The molecule has 5 nitrogen and oxygen atoms in total. The number of piperidine rings is 1. The number of nitrogens with zero attached hydrogens (tertiary/aromatic N) is 3. The highest BCUT2D eigenvalue weighted by Crippen LogP contribution is 2.24. The Morgan fingerprint density at radius 2 is 2.14 bits per heavy atom. The van der Waals surface area contributed by atoms with Crippen LogP contribution >= 0.6 is 0 Å². The molecule has 1 aromatic heterocycles. The van der Waals surface area contributed by atoms with E-state index in [4.69, 9.17) is 0 Å². The van der Waals surface area contributed by atoms with Gasteiger partial charge in [0.1, 0.15) is 5.69 Å². The first-order chi connectivity index (χ1) is 9.70. The molecule has 0 radical (unpaired) electrons. The van der Waals surface area contributed by atoms with Crippen LogP contribution in [-0.2, 0) is 12.5 Å². The lowest BCUT2D eigenvalue weighted by atomic mass is 9.92. The van der Waals surface area contributed by atoms with Crippen molar-refractivity contribution in [3.05, 3.63) is 17.5 Å². The molecule has 2 rings (SSSR count). The van der Waals surface area contributed by atoms with Gasteiger partial charge in [0.15, 0.2) is 0 Å². The minimum Gasteiger partial charge on any atom is -0.393 e. The van der Waals surface area contributed by atoms with Gasteiger partial charge < -0.3 is 10.0 Å². The Balaban J connectivity index is 2.18. The van der Waals surface area contributed by atoms with E-state index in [9.17, 15) is 9.90 Å². The number of rotatable bonds is 2. The summed E-state index contributed by atoms with van der Waals surface area (Å²) in [7, 11) is 1.82. The summed E-state index contributed by atoms with van der Waals surface area (Å²) in [4.78, 5) is 14.6. The predicted octanol–water partition coefficient (Wildman–Crippen LogP) is 1.95. The molecule has 5 heteroatoms. The van der Waals surface area contributed by atoms with Gasteiger partial charge in [-0.2, -0.15) is 5.10 Å². The quantitative estimate of drug-likeness (QED) is 0.906. The standard InChI is InChI=1S/C16H27N3O2/c1-11(20)12-7-6-8-19(10-12)15(21)13-9-14(16(2,3)4)17-18(13)5/h9,11-12,20H,6-8,10H2,1-5H3. The molecule has 2 unspecified atom stereocenters. The highest BCUT2D eigenvalue weighted by atomic mass is 16.3. The van der Waals surface area contributed by atoms with Crippen molar-refractivity contribution in [2.75, 3.05) is 13.1 Å². The first kappa shape index (κ1) is 16.0. The molecule has 1 N–H and O–H groups in total. The fourth-order valence-electron chi connectivity index (χ4n) is 2.78. The Bertz CT molecular complexity index is 514. The van der Waals surface area contributed by atoms with Gasteiger partial charge in [-0.05, 0) is 25.8 Å². The van der Waals surface area contributed by atoms with Gasteiger partial charge in [-0.3, -0.25) is 9.48 Å². The Hall–Kier alpha value is -1.36. The Morgan fingerprint density at radius 3 is 2.67 bits per heavy atom. The van der Waals surface area contributed by atoms with Crippen molar-refractivity contribution in [3.63, 3.8) is 0 Å². The summed E-state index contributed by atoms with van der Waals surface area (Å²) >= 11 is 0. The van der Waals surface area contributed by atoms with Gasteiger partial charge in [-0.15, -0.1) is 0 Å². The van der Waals surface area contributed by atoms with Gasteiger partial charge in [0.25, 0.3) is 5.91 Å². The smallest absolute Gasteiger partial charge is 0.272 e. The molecule has 0 spiro atoms. The van der Waals surface area contributed by atoms with Crippen molar-refractivity contribution in [2.24, 2.45) is 13.0 Å². The van der Waals surface area contributed by atoms with E-state index in [1.165, 1.54) is 0 Å². The summed E-state index contributed by atoms with van der Waals surface area (Å²) in [5, 5.41) is 14.2. The normalized spacial score (nSPS) is 21.4. The number of aliphatic hydroxyl groups excluding tert-OH is 1. The molecule has 1 amide bonds. The average molecular weight is 293 g/mol.